The van der Waals surface area contributed by atoms with Gasteiger partial charge in [0.1, 0.15) is 5.92 Å². The van der Waals surface area contributed by atoms with Gasteiger partial charge in [0, 0.05) is 36.8 Å². The van der Waals surface area contributed by atoms with Crippen LogP contribution in [0.5, 0.6) is 0 Å². The number of nitrogens with zero attached hydrogens (tertiary/aromatic N) is 2. The van der Waals surface area contributed by atoms with Crippen LogP contribution in [0.2, 0.25) is 5.02 Å². The minimum absolute atomic E-state index is 0.320. The summed E-state index contributed by atoms with van der Waals surface area (Å²) in [5.41, 5.74) is 2.20. The molecule has 2 fully saturated rings. The lowest BCUT2D eigenvalue weighted by Crippen LogP contribution is -2.39. The molecule has 0 spiro atoms. The largest absolute Gasteiger partial charge is 0.379 e. The first-order valence-electron chi connectivity index (χ1n) is 11.0. The van der Waals surface area contributed by atoms with Gasteiger partial charge < -0.3 is 9.64 Å². The van der Waals surface area contributed by atoms with E-state index >= 15 is 0 Å². The summed E-state index contributed by atoms with van der Waals surface area (Å²) in [5.74, 6) is -2.60. The van der Waals surface area contributed by atoms with Crippen LogP contribution in [0.15, 0.2) is 48.5 Å². The Kier molecular flexibility index (Phi) is 7.04. The van der Waals surface area contributed by atoms with Gasteiger partial charge in [-0.3, -0.25) is 19.3 Å². The second-order valence-electron chi connectivity index (χ2n) is 8.37. The number of hydrogen-bond donors (Lipinski definition) is 0. The topological polar surface area (TPSA) is 66.9 Å². The van der Waals surface area contributed by atoms with Gasteiger partial charge in [-0.1, -0.05) is 53.6 Å². The number of benzene rings is 2. The Hall–Kier alpha value is -2.54. The van der Waals surface area contributed by atoms with E-state index in [9.17, 15) is 14.4 Å². The smallest absolute Gasteiger partial charge is 0.291 e. The van der Waals surface area contributed by atoms with E-state index in [-0.39, 0.29) is 5.78 Å². The number of ketones is 2. The van der Waals surface area contributed by atoms with Gasteiger partial charge >= 0.3 is 0 Å². The number of halogens is 1. The molecule has 6 nitrogen and oxygen atoms in total. The maximum Gasteiger partial charge on any atom is 0.291 e. The van der Waals surface area contributed by atoms with Crippen molar-refractivity contribution < 1.29 is 19.1 Å². The van der Waals surface area contributed by atoms with Gasteiger partial charge in [0.05, 0.1) is 19.3 Å². The van der Waals surface area contributed by atoms with Crippen molar-refractivity contribution >= 4 is 29.1 Å². The van der Waals surface area contributed by atoms with Crippen molar-refractivity contribution in [2.24, 2.45) is 5.92 Å². The summed E-state index contributed by atoms with van der Waals surface area (Å²) in [7, 11) is 0. The van der Waals surface area contributed by atoms with E-state index in [0.29, 0.717) is 36.8 Å². The zero-order chi connectivity index (χ0) is 22.7. The molecule has 0 saturated carbocycles. The van der Waals surface area contributed by atoms with Crippen molar-refractivity contribution in [3.05, 3.63) is 70.2 Å². The number of hydrogen-bond acceptors (Lipinski definition) is 5. The minimum atomic E-state index is -1.06. The van der Waals surface area contributed by atoms with E-state index < -0.39 is 23.7 Å². The first-order valence-corrected chi connectivity index (χ1v) is 11.3. The van der Waals surface area contributed by atoms with Crippen LogP contribution in [0.3, 0.4) is 0 Å². The predicted molar refractivity (Wildman–Crippen MR) is 122 cm³/mol. The molecule has 2 aromatic carbocycles. The van der Waals surface area contributed by atoms with E-state index in [4.69, 9.17) is 16.3 Å². The molecule has 2 heterocycles. The Labute approximate surface area is 193 Å². The van der Waals surface area contributed by atoms with Crippen molar-refractivity contribution in [3.63, 3.8) is 0 Å². The van der Waals surface area contributed by atoms with Crippen molar-refractivity contribution in [2.45, 2.75) is 19.4 Å². The number of carbonyl (C=O) groups excluding carboxylic acids is 3. The number of ether oxygens (including phenoxy) is 1. The highest BCUT2D eigenvalue weighted by Gasteiger charge is 2.51. The molecule has 0 bridgehead atoms. The average molecular weight is 455 g/mol. The van der Waals surface area contributed by atoms with Crippen molar-refractivity contribution in [2.75, 3.05) is 39.4 Å². The summed E-state index contributed by atoms with van der Waals surface area (Å²) in [6.45, 7) is 6.30. The summed E-state index contributed by atoms with van der Waals surface area (Å²) < 4.78 is 5.39. The van der Waals surface area contributed by atoms with Crippen LogP contribution in [0.4, 0.5) is 0 Å². The molecule has 32 heavy (non-hydrogen) atoms. The normalized spacial score (nSPS) is 21.9. The summed E-state index contributed by atoms with van der Waals surface area (Å²) in [6.07, 6.45) is 0.717. The van der Waals surface area contributed by atoms with Crippen LogP contribution in [0, 0.1) is 12.8 Å². The maximum atomic E-state index is 13.4. The molecular weight excluding hydrogens is 428 g/mol. The van der Waals surface area contributed by atoms with Crippen molar-refractivity contribution in [1.29, 1.82) is 0 Å². The molecule has 2 atom stereocenters. The Balaban J connectivity index is 1.60. The van der Waals surface area contributed by atoms with Crippen LogP contribution in [-0.2, 0) is 14.3 Å². The zero-order valence-electron chi connectivity index (χ0n) is 18.1. The van der Waals surface area contributed by atoms with E-state index in [1.807, 2.05) is 19.1 Å². The van der Waals surface area contributed by atoms with Gasteiger partial charge in [0.25, 0.3) is 5.91 Å². The molecule has 2 aromatic rings. The lowest BCUT2D eigenvalue weighted by Gasteiger charge is -2.30. The SMILES string of the molecule is Cc1ccc(C(=O)C2C(=O)C(=O)N(CCCN3CCOCC3)C2c2ccc(Cl)cc2)cc1. The fourth-order valence-corrected chi connectivity index (χ4v) is 4.57. The van der Waals surface area contributed by atoms with Gasteiger partial charge in [-0.25, -0.2) is 0 Å². The summed E-state index contributed by atoms with van der Waals surface area (Å²) in [6, 6.07) is 13.5. The summed E-state index contributed by atoms with van der Waals surface area (Å²) in [4.78, 5) is 43.3. The quantitative estimate of drug-likeness (QED) is 0.365. The highest BCUT2D eigenvalue weighted by Crippen LogP contribution is 2.38. The summed E-state index contributed by atoms with van der Waals surface area (Å²) >= 11 is 6.06. The fraction of sp³-hybridized carbons (Fsp3) is 0.400. The summed E-state index contributed by atoms with van der Waals surface area (Å²) in [5, 5.41) is 0.560. The number of aryl methyl sites for hydroxylation is 1. The van der Waals surface area contributed by atoms with Crippen molar-refractivity contribution in [3.8, 4) is 0 Å². The van der Waals surface area contributed by atoms with Crippen LogP contribution in [0.1, 0.15) is 33.9 Å². The molecule has 2 aliphatic heterocycles. The third-order valence-electron chi connectivity index (χ3n) is 6.21. The number of morpholine rings is 1. The number of likely N-dealkylation sites (tertiary alicyclic amines) is 1. The van der Waals surface area contributed by atoms with Gasteiger partial charge in [0.2, 0.25) is 5.78 Å². The zero-order valence-corrected chi connectivity index (χ0v) is 18.9. The molecule has 0 N–H and O–H groups in total. The molecule has 0 aliphatic carbocycles. The minimum Gasteiger partial charge on any atom is -0.379 e. The first kappa shape index (κ1) is 22.6. The molecular formula is C25H27ClN2O4. The third-order valence-corrected chi connectivity index (χ3v) is 6.46. The van der Waals surface area contributed by atoms with E-state index in [1.54, 1.807) is 41.3 Å². The standard InChI is InChI=1S/C25H27ClN2O4/c1-17-3-5-19(6-4-17)23(29)21-22(18-7-9-20(26)10-8-18)28(25(31)24(21)30)12-2-11-27-13-15-32-16-14-27/h3-10,21-22H,2,11-16H2,1H3. The Morgan fingerprint density at radius 2 is 1.66 bits per heavy atom. The lowest BCUT2D eigenvalue weighted by atomic mass is 9.86. The first-order chi connectivity index (χ1) is 15.5. The van der Waals surface area contributed by atoms with Crippen LogP contribution in [-0.4, -0.2) is 66.7 Å². The van der Waals surface area contributed by atoms with Gasteiger partial charge in [-0.2, -0.15) is 0 Å². The van der Waals surface area contributed by atoms with Gasteiger partial charge in [0.15, 0.2) is 5.78 Å². The van der Waals surface area contributed by atoms with Gasteiger partial charge in [-0.05, 0) is 31.0 Å². The highest BCUT2D eigenvalue weighted by atomic mass is 35.5. The van der Waals surface area contributed by atoms with E-state index in [0.717, 1.165) is 30.8 Å². The van der Waals surface area contributed by atoms with Crippen LogP contribution in [0.25, 0.3) is 0 Å². The second kappa shape index (κ2) is 9.94. The molecule has 1 amide bonds. The van der Waals surface area contributed by atoms with Crippen molar-refractivity contribution in [1.82, 2.24) is 9.80 Å². The molecule has 7 heteroatoms. The Bertz CT molecular complexity index is 984. The Morgan fingerprint density at radius 3 is 2.31 bits per heavy atom. The molecule has 2 aliphatic rings. The van der Waals surface area contributed by atoms with Gasteiger partial charge in [-0.15, -0.1) is 0 Å². The third kappa shape index (κ3) is 4.77. The molecule has 2 unspecified atom stereocenters. The predicted octanol–water partition coefficient (Wildman–Crippen LogP) is 3.32. The number of carbonyl (C=O) groups is 3. The molecule has 0 aromatic heterocycles. The molecule has 2 saturated heterocycles. The number of amides is 1. The highest BCUT2D eigenvalue weighted by molar-refractivity contribution is 6.44. The van der Waals surface area contributed by atoms with E-state index in [2.05, 4.69) is 4.90 Å². The molecule has 168 valence electrons. The number of rotatable bonds is 7. The lowest BCUT2D eigenvalue weighted by molar-refractivity contribution is -0.140. The average Bonchev–Trinajstić information content (AvgIpc) is 3.05. The maximum absolute atomic E-state index is 13.4. The molecule has 4 rings (SSSR count). The van der Waals surface area contributed by atoms with Crippen LogP contribution < -0.4 is 0 Å². The molecule has 0 radical (unpaired) electrons. The van der Waals surface area contributed by atoms with Crippen LogP contribution >= 0.6 is 11.6 Å². The van der Waals surface area contributed by atoms with E-state index in [1.165, 1.54) is 0 Å². The monoisotopic (exact) mass is 454 g/mol. The fourth-order valence-electron chi connectivity index (χ4n) is 4.45. The second-order valence-corrected chi connectivity index (χ2v) is 8.81. The Morgan fingerprint density at radius 1 is 1.00 bits per heavy atom. The number of Topliss-reactive ketones (excluding diaryl/α,β-unsaturated/α-hetero) is 2.